The van der Waals surface area contributed by atoms with Crippen LogP contribution in [0.3, 0.4) is 0 Å². The molecular weight excluding hydrogens is 264 g/mol. The SMILES string of the molecule is CCCCCC(CC)c1cccc(C=C(OC)C(=O)O)c1. The van der Waals surface area contributed by atoms with Crippen molar-refractivity contribution in [1.29, 1.82) is 0 Å². The number of aliphatic carboxylic acids is 1. The van der Waals surface area contributed by atoms with E-state index in [1.807, 2.05) is 12.1 Å². The van der Waals surface area contributed by atoms with Crippen molar-refractivity contribution in [2.24, 2.45) is 0 Å². The number of methoxy groups -OCH3 is 1. The van der Waals surface area contributed by atoms with Crippen molar-refractivity contribution in [3.05, 3.63) is 41.2 Å². The molecule has 116 valence electrons. The molecule has 0 bridgehead atoms. The Morgan fingerprint density at radius 3 is 2.67 bits per heavy atom. The molecule has 3 heteroatoms. The summed E-state index contributed by atoms with van der Waals surface area (Å²) in [6.45, 7) is 4.42. The molecule has 1 unspecified atom stereocenters. The summed E-state index contributed by atoms with van der Waals surface area (Å²) in [5.74, 6) is -0.537. The molecule has 0 heterocycles. The molecule has 1 rings (SSSR count). The van der Waals surface area contributed by atoms with Gasteiger partial charge in [0.1, 0.15) is 0 Å². The topological polar surface area (TPSA) is 46.5 Å². The molecule has 1 atom stereocenters. The Bertz CT molecular complexity index is 477. The van der Waals surface area contributed by atoms with Crippen molar-refractivity contribution in [3.8, 4) is 0 Å². The highest BCUT2D eigenvalue weighted by atomic mass is 16.5. The highest BCUT2D eigenvalue weighted by Gasteiger charge is 2.11. The lowest BCUT2D eigenvalue weighted by molar-refractivity contribution is -0.135. The van der Waals surface area contributed by atoms with Gasteiger partial charge in [0.15, 0.2) is 0 Å². The first-order chi connectivity index (χ1) is 10.1. The molecule has 21 heavy (non-hydrogen) atoms. The van der Waals surface area contributed by atoms with Crippen LogP contribution in [0.2, 0.25) is 0 Å². The molecule has 0 fully saturated rings. The Morgan fingerprint density at radius 2 is 2.10 bits per heavy atom. The van der Waals surface area contributed by atoms with E-state index in [4.69, 9.17) is 9.84 Å². The molecular formula is C18H26O3. The van der Waals surface area contributed by atoms with Crippen molar-refractivity contribution in [1.82, 2.24) is 0 Å². The van der Waals surface area contributed by atoms with Crippen LogP contribution in [0, 0.1) is 0 Å². The summed E-state index contributed by atoms with van der Waals surface area (Å²) in [5, 5.41) is 9.01. The number of benzene rings is 1. The third-order valence-electron chi connectivity index (χ3n) is 3.76. The average molecular weight is 290 g/mol. The van der Waals surface area contributed by atoms with Crippen LogP contribution >= 0.6 is 0 Å². The summed E-state index contributed by atoms with van der Waals surface area (Å²) in [4.78, 5) is 11.0. The zero-order chi connectivity index (χ0) is 15.7. The minimum atomic E-state index is -1.04. The van der Waals surface area contributed by atoms with E-state index >= 15 is 0 Å². The van der Waals surface area contributed by atoms with Crippen LogP contribution < -0.4 is 0 Å². The van der Waals surface area contributed by atoms with E-state index in [1.165, 1.54) is 38.4 Å². The van der Waals surface area contributed by atoms with Gasteiger partial charge in [0.25, 0.3) is 0 Å². The molecule has 0 aromatic heterocycles. The van der Waals surface area contributed by atoms with Crippen LogP contribution in [0.25, 0.3) is 6.08 Å². The van der Waals surface area contributed by atoms with Gasteiger partial charge in [-0.3, -0.25) is 0 Å². The van der Waals surface area contributed by atoms with E-state index in [9.17, 15) is 4.79 Å². The van der Waals surface area contributed by atoms with Gasteiger partial charge in [-0.05, 0) is 36.0 Å². The van der Waals surface area contributed by atoms with E-state index in [0.717, 1.165) is 12.0 Å². The average Bonchev–Trinajstić information content (AvgIpc) is 2.49. The normalized spacial score (nSPS) is 13.0. The Balaban J connectivity index is 2.90. The first-order valence-electron chi connectivity index (χ1n) is 7.71. The van der Waals surface area contributed by atoms with Crippen molar-refractivity contribution in [3.63, 3.8) is 0 Å². The van der Waals surface area contributed by atoms with E-state index in [0.29, 0.717) is 5.92 Å². The highest BCUT2D eigenvalue weighted by molar-refractivity contribution is 5.89. The lowest BCUT2D eigenvalue weighted by Crippen LogP contribution is -2.02. The summed E-state index contributed by atoms with van der Waals surface area (Å²) in [6, 6.07) is 8.09. The maximum absolute atomic E-state index is 11.0. The second-order valence-electron chi connectivity index (χ2n) is 5.29. The van der Waals surface area contributed by atoms with Crippen molar-refractivity contribution in [2.75, 3.05) is 7.11 Å². The molecule has 0 amide bonds. The summed E-state index contributed by atoms with van der Waals surface area (Å²) in [5.41, 5.74) is 2.16. The van der Waals surface area contributed by atoms with Gasteiger partial charge < -0.3 is 9.84 Å². The Labute approximate surface area is 127 Å². The molecule has 1 N–H and O–H groups in total. The molecule has 3 nitrogen and oxygen atoms in total. The van der Waals surface area contributed by atoms with Crippen molar-refractivity contribution in [2.45, 2.75) is 51.9 Å². The Hall–Kier alpha value is -1.77. The van der Waals surface area contributed by atoms with E-state index in [-0.39, 0.29) is 5.76 Å². The largest absolute Gasteiger partial charge is 0.490 e. The smallest absolute Gasteiger partial charge is 0.371 e. The molecule has 0 spiro atoms. The number of carboxylic acids is 1. The number of carbonyl (C=O) groups is 1. The van der Waals surface area contributed by atoms with Crippen LogP contribution in [0.1, 0.15) is 63.0 Å². The summed E-state index contributed by atoms with van der Waals surface area (Å²) in [6.07, 6.45) is 7.61. The number of rotatable bonds is 9. The molecule has 1 aromatic carbocycles. The summed E-state index contributed by atoms with van der Waals surface area (Å²) in [7, 11) is 1.38. The molecule has 0 saturated carbocycles. The molecule has 1 aromatic rings. The van der Waals surface area contributed by atoms with Gasteiger partial charge in [-0.15, -0.1) is 0 Å². The number of hydrogen-bond acceptors (Lipinski definition) is 2. The predicted molar refractivity (Wildman–Crippen MR) is 86.2 cm³/mol. The molecule has 0 radical (unpaired) electrons. The van der Waals surface area contributed by atoms with Crippen LogP contribution in [0.5, 0.6) is 0 Å². The van der Waals surface area contributed by atoms with Crippen molar-refractivity contribution >= 4 is 12.0 Å². The van der Waals surface area contributed by atoms with E-state index in [1.54, 1.807) is 6.08 Å². The van der Waals surface area contributed by atoms with E-state index < -0.39 is 5.97 Å². The van der Waals surface area contributed by atoms with Gasteiger partial charge in [-0.25, -0.2) is 4.79 Å². The summed E-state index contributed by atoms with van der Waals surface area (Å²) >= 11 is 0. The Kier molecular flexibility index (Phi) is 7.59. The van der Waals surface area contributed by atoms with Crippen LogP contribution in [0.4, 0.5) is 0 Å². The number of carboxylic acid groups (broad SMARTS) is 1. The van der Waals surface area contributed by atoms with Gasteiger partial charge >= 0.3 is 5.97 Å². The maximum Gasteiger partial charge on any atom is 0.371 e. The van der Waals surface area contributed by atoms with Gasteiger partial charge in [-0.2, -0.15) is 0 Å². The molecule has 0 aliphatic heterocycles. The van der Waals surface area contributed by atoms with E-state index in [2.05, 4.69) is 26.0 Å². The van der Waals surface area contributed by atoms with Crippen molar-refractivity contribution < 1.29 is 14.6 Å². The fourth-order valence-corrected chi connectivity index (χ4v) is 2.51. The third-order valence-corrected chi connectivity index (χ3v) is 3.76. The van der Waals surface area contributed by atoms with Crippen LogP contribution in [0.15, 0.2) is 30.0 Å². The lowest BCUT2D eigenvalue weighted by atomic mass is 9.90. The third kappa shape index (κ3) is 5.62. The minimum absolute atomic E-state index is 0.0359. The molecule has 0 aliphatic rings. The predicted octanol–water partition coefficient (Wildman–Crippen LogP) is 4.83. The second kappa shape index (κ2) is 9.22. The highest BCUT2D eigenvalue weighted by Crippen LogP contribution is 2.27. The van der Waals surface area contributed by atoms with Gasteiger partial charge in [0, 0.05) is 0 Å². The second-order valence-corrected chi connectivity index (χ2v) is 5.29. The fraction of sp³-hybridized carbons (Fsp3) is 0.500. The first kappa shape index (κ1) is 17.3. The quantitative estimate of drug-likeness (QED) is 0.402. The number of hydrogen-bond donors (Lipinski definition) is 1. The minimum Gasteiger partial charge on any atom is -0.490 e. The monoisotopic (exact) mass is 290 g/mol. The van der Waals surface area contributed by atoms with Gasteiger partial charge in [-0.1, -0.05) is 57.4 Å². The fourth-order valence-electron chi connectivity index (χ4n) is 2.51. The Morgan fingerprint density at radius 1 is 1.33 bits per heavy atom. The zero-order valence-corrected chi connectivity index (χ0v) is 13.3. The molecule has 0 saturated heterocycles. The van der Waals surface area contributed by atoms with Crippen LogP contribution in [-0.2, 0) is 9.53 Å². The maximum atomic E-state index is 11.0. The molecule has 0 aliphatic carbocycles. The van der Waals surface area contributed by atoms with Crippen LogP contribution in [-0.4, -0.2) is 18.2 Å². The first-order valence-corrected chi connectivity index (χ1v) is 7.71. The number of unbranched alkanes of at least 4 members (excludes halogenated alkanes) is 2. The van der Waals surface area contributed by atoms with Gasteiger partial charge in [0.05, 0.1) is 7.11 Å². The summed E-state index contributed by atoms with van der Waals surface area (Å²) < 4.78 is 4.88. The number of ether oxygens (including phenoxy) is 1. The lowest BCUT2D eigenvalue weighted by Gasteiger charge is -2.15. The zero-order valence-electron chi connectivity index (χ0n) is 13.3. The standard InChI is InChI=1S/C18H26O3/c1-4-6-7-10-15(5-2)16-11-8-9-14(12-16)13-17(21-3)18(19)20/h8-9,11-13,15H,4-7,10H2,1-3H3,(H,19,20). The van der Waals surface area contributed by atoms with Gasteiger partial charge in [0.2, 0.25) is 5.76 Å².